The van der Waals surface area contributed by atoms with Crippen molar-refractivity contribution in [1.82, 2.24) is 0 Å². The van der Waals surface area contributed by atoms with Crippen molar-refractivity contribution in [3.05, 3.63) is 0 Å². The number of rotatable bonds is 3. The van der Waals surface area contributed by atoms with Crippen molar-refractivity contribution >= 4 is 0 Å². The molecule has 144 valence electrons. The molecule has 4 saturated carbocycles. The van der Waals surface area contributed by atoms with Gasteiger partial charge in [0.2, 0.25) is 0 Å². The van der Waals surface area contributed by atoms with Gasteiger partial charge in [-0.25, -0.2) is 0 Å². The third-order valence-corrected chi connectivity index (χ3v) is 9.43. The number of hydrogen-bond acceptors (Lipinski definition) is 3. The summed E-state index contributed by atoms with van der Waals surface area (Å²) in [6.45, 7) is 5.58. The zero-order chi connectivity index (χ0) is 17.9. The highest BCUT2D eigenvalue weighted by Crippen LogP contribution is 2.67. The lowest BCUT2D eigenvalue weighted by molar-refractivity contribution is -0.167. The van der Waals surface area contributed by atoms with Crippen LogP contribution in [0.3, 0.4) is 0 Å². The third-order valence-electron chi connectivity index (χ3n) is 9.43. The first-order valence-corrected chi connectivity index (χ1v) is 10.6. The maximum absolute atomic E-state index is 10.9. The molecule has 2 unspecified atom stereocenters. The summed E-state index contributed by atoms with van der Waals surface area (Å²) in [5.74, 6) is 3.26. The maximum Gasteiger partial charge on any atom is 0.0883 e. The van der Waals surface area contributed by atoms with Crippen LogP contribution in [0.25, 0.3) is 0 Å². The first-order chi connectivity index (χ1) is 11.9. The molecule has 1 N–H and O–H groups in total. The second-order valence-corrected chi connectivity index (χ2v) is 10.4. The summed E-state index contributed by atoms with van der Waals surface area (Å²) < 4.78 is 11.2. The Labute approximate surface area is 153 Å². The van der Waals surface area contributed by atoms with Gasteiger partial charge in [-0.15, -0.1) is 0 Å². The van der Waals surface area contributed by atoms with Crippen molar-refractivity contribution in [3.8, 4) is 0 Å². The van der Waals surface area contributed by atoms with Gasteiger partial charge in [0.25, 0.3) is 0 Å². The zero-order valence-electron chi connectivity index (χ0n) is 16.7. The van der Waals surface area contributed by atoms with Crippen molar-refractivity contribution in [1.29, 1.82) is 0 Å². The van der Waals surface area contributed by atoms with E-state index in [1.54, 1.807) is 7.11 Å². The van der Waals surface area contributed by atoms with Crippen LogP contribution in [0.1, 0.15) is 71.6 Å². The first kappa shape index (κ1) is 18.3. The zero-order valence-corrected chi connectivity index (χ0v) is 16.7. The Bertz CT molecular complexity index is 508. The van der Waals surface area contributed by atoms with Gasteiger partial charge in [0.15, 0.2) is 0 Å². The molecule has 0 radical (unpaired) electrons. The molecule has 0 aromatic heterocycles. The summed E-state index contributed by atoms with van der Waals surface area (Å²) in [7, 11) is 3.64. The molecule has 8 atom stereocenters. The van der Waals surface area contributed by atoms with Crippen LogP contribution in [0.15, 0.2) is 0 Å². The van der Waals surface area contributed by atoms with Crippen molar-refractivity contribution in [2.45, 2.75) is 83.3 Å². The van der Waals surface area contributed by atoms with E-state index in [-0.39, 0.29) is 0 Å². The number of fused-ring (bicyclic) bond motifs is 5. The highest BCUT2D eigenvalue weighted by Gasteiger charge is 2.61. The van der Waals surface area contributed by atoms with Gasteiger partial charge in [-0.3, -0.25) is 0 Å². The van der Waals surface area contributed by atoms with Crippen molar-refractivity contribution in [2.24, 2.45) is 34.5 Å². The number of aliphatic hydroxyl groups is 1. The van der Waals surface area contributed by atoms with Crippen LogP contribution in [0.2, 0.25) is 0 Å². The van der Waals surface area contributed by atoms with Gasteiger partial charge < -0.3 is 14.6 Å². The summed E-state index contributed by atoms with van der Waals surface area (Å²) in [6, 6.07) is 0. The standard InChI is InChI=1S/C22H38O3/c1-20-11-12-22(23,14-24-3)13-15(20)5-6-16-17-7-8-19(25-4)21(17,2)10-9-18(16)20/h15-19,23H,5-14H2,1-4H3/t15-,16-,17-,18-,19?,20-,21-,22?/m0/s1. The van der Waals surface area contributed by atoms with Crippen LogP contribution < -0.4 is 0 Å². The highest BCUT2D eigenvalue weighted by atomic mass is 16.5. The van der Waals surface area contributed by atoms with Gasteiger partial charge in [-0.2, -0.15) is 0 Å². The van der Waals surface area contributed by atoms with Crippen LogP contribution in [0.4, 0.5) is 0 Å². The average Bonchev–Trinajstić information content (AvgIpc) is 2.92. The van der Waals surface area contributed by atoms with E-state index in [4.69, 9.17) is 9.47 Å². The summed E-state index contributed by atoms with van der Waals surface area (Å²) in [5.41, 5.74) is 0.253. The molecule has 0 spiro atoms. The second-order valence-electron chi connectivity index (χ2n) is 10.4. The Hall–Kier alpha value is -0.120. The normalized spacial score (nSPS) is 55.3. The van der Waals surface area contributed by atoms with Crippen molar-refractivity contribution in [3.63, 3.8) is 0 Å². The lowest BCUT2D eigenvalue weighted by Crippen LogP contribution is -2.57. The smallest absolute Gasteiger partial charge is 0.0883 e. The maximum atomic E-state index is 10.9. The van der Waals surface area contributed by atoms with Crippen LogP contribution in [0.5, 0.6) is 0 Å². The van der Waals surface area contributed by atoms with E-state index in [9.17, 15) is 5.11 Å². The molecule has 3 nitrogen and oxygen atoms in total. The van der Waals surface area contributed by atoms with Crippen LogP contribution >= 0.6 is 0 Å². The molecule has 4 rings (SSSR count). The fraction of sp³-hybridized carbons (Fsp3) is 1.00. The number of ether oxygens (including phenoxy) is 2. The monoisotopic (exact) mass is 350 g/mol. The molecule has 0 aromatic rings. The largest absolute Gasteiger partial charge is 0.387 e. The quantitative estimate of drug-likeness (QED) is 0.819. The minimum Gasteiger partial charge on any atom is -0.387 e. The van der Waals surface area contributed by atoms with E-state index in [1.807, 2.05) is 7.11 Å². The third kappa shape index (κ3) is 2.63. The Morgan fingerprint density at radius 3 is 2.36 bits per heavy atom. The van der Waals surface area contributed by atoms with Crippen molar-refractivity contribution in [2.75, 3.05) is 20.8 Å². The SMILES string of the molecule is COCC1(O)CC[C@@]2(C)[C@@H](CC[C@@H]3[C@@H]2CC[C@]2(C)C(OC)CC[C@@H]32)C1. The van der Waals surface area contributed by atoms with Gasteiger partial charge in [0.1, 0.15) is 0 Å². The van der Waals surface area contributed by atoms with Gasteiger partial charge in [0, 0.05) is 14.2 Å². The van der Waals surface area contributed by atoms with E-state index in [1.165, 1.54) is 44.9 Å². The molecule has 4 aliphatic rings. The Morgan fingerprint density at radius 2 is 1.64 bits per heavy atom. The van der Waals surface area contributed by atoms with Gasteiger partial charge in [0.05, 0.1) is 18.3 Å². The van der Waals surface area contributed by atoms with E-state index >= 15 is 0 Å². The summed E-state index contributed by atoms with van der Waals surface area (Å²) in [5, 5.41) is 10.9. The molecule has 0 amide bonds. The molecule has 0 heterocycles. The lowest BCUT2D eigenvalue weighted by atomic mass is 9.44. The van der Waals surface area contributed by atoms with Crippen LogP contribution in [-0.2, 0) is 9.47 Å². The Balaban J connectivity index is 1.56. The van der Waals surface area contributed by atoms with E-state index in [0.717, 1.165) is 30.6 Å². The van der Waals surface area contributed by atoms with Crippen molar-refractivity contribution < 1.29 is 14.6 Å². The highest BCUT2D eigenvalue weighted by molar-refractivity contribution is 5.10. The number of methoxy groups -OCH3 is 2. The minimum absolute atomic E-state index is 0.407. The van der Waals surface area contributed by atoms with E-state index in [0.29, 0.717) is 29.5 Å². The topological polar surface area (TPSA) is 38.7 Å². The average molecular weight is 351 g/mol. The number of hydrogen-bond donors (Lipinski definition) is 1. The van der Waals surface area contributed by atoms with Crippen LogP contribution in [0, 0.1) is 34.5 Å². The lowest BCUT2D eigenvalue weighted by Gasteiger charge is -2.62. The van der Waals surface area contributed by atoms with Gasteiger partial charge in [-0.1, -0.05) is 13.8 Å². The molecule has 0 saturated heterocycles. The van der Waals surface area contributed by atoms with E-state index < -0.39 is 5.60 Å². The summed E-state index contributed by atoms with van der Waals surface area (Å²) in [4.78, 5) is 0. The molecule has 4 aliphatic carbocycles. The summed E-state index contributed by atoms with van der Waals surface area (Å²) in [6.07, 6.45) is 11.5. The molecule has 4 fully saturated rings. The predicted molar refractivity (Wildman–Crippen MR) is 99.3 cm³/mol. The Morgan fingerprint density at radius 1 is 0.880 bits per heavy atom. The predicted octanol–water partition coefficient (Wildman–Crippen LogP) is 4.42. The molecule has 0 aliphatic heterocycles. The van der Waals surface area contributed by atoms with Crippen LogP contribution in [-0.4, -0.2) is 37.6 Å². The molecule has 0 bridgehead atoms. The first-order valence-electron chi connectivity index (χ1n) is 10.6. The summed E-state index contributed by atoms with van der Waals surface area (Å²) >= 11 is 0. The Kier molecular flexibility index (Phi) is 4.53. The fourth-order valence-corrected chi connectivity index (χ4v) is 8.06. The molecular formula is C22H38O3. The van der Waals surface area contributed by atoms with Gasteiger partial charge in [-0.05, 0) is 92.3 Å². The van der Waals surface area contributed by atoms with Gasteiger partial charge >= 0.3 is 0 Å². The second kappa shape index (κ2) is 6.21. The molecule has 25 heavy (non-hydrogen) atoms. The molecular weight excluding hydrogens is 312 g/mol. The molecule has 0 aromatic carbocycles. The minimum atomic E-state index is -0.580. The van der Waals surface area contributed by atoms with E-state index in [2.05, 4.69) is 13.8 Å². The molecule has 3 heteroatoms. The fourth-order valence-electron chi connectivity index (χ4n) is 8.06.